The highest BCUT2D eigenvalue weighted by molar-refractivity contribution is 6.05. The quantitative estimate of drug-likeness (QED) is 0.432. The van der Waals surface area contributed by atoms with Crippen LogP contribution in [0.2, 0.25) is 0 Å². The average Bonchev–Trinajstić information content (AvgIpc) is 3.42. The molecule has 4 N–H and O–H groups in total. The average molecular weight is 537 g/mol. The summed E-state index contributed by atoms with van der Waals surface area (Å²) in [5.74, 6) is 0.926. The molecule has 4 rings (SSSR count). The van der Waals surface area contributed by atoms with Crippen molar-refractivity contribution in [2.24, 2.45) is 17.8 Å². The summed E-state index contributed by atoms with van der Waals surface area (Å²) in [4.78, 5) is 11.9. The number of fused-ring (bicyclic) bond motifs is 3. The van der Waals surface area contributed by atoms with Gasteiger partial charge in [-0.3, -0.25) is 20.0 Å². The molecule has 0 aliphatic carbocycles. The molecule has 0 fully saturated rings. The van der Waals surface area contributed by atoms with Gasteiger partial charge in [-0.15, -0.1) is 0 Å². The molecule has 3 aromatic rings. The van der Waals surface area contributed by atoms with Crippen molar-refractivity contribution in [3.8, 4) is 17.1 Å². The summed E-state index contributed by atoms with van der Waals surface area (Å²) in [6.07, 6.45) is 3.62. The maximum atomic E-state index is 9.80. The molecule has 1 aliphatic heterocycles. The van der Waals surface area contributed by atoms with E-state index >= 15 is 0 Å². The second-order valence-corrected chi connectivity index (χ2v) is 10.1. The van der Waals surface area contributed by atoms with Gasteiger partial charge >= 0.3 is 0 Å². The van der Waals surface area contributed by atoms with Crippen LogP contribution in [0.1, 0.15) is 44.8 Å². The van der Waals surface area contributed by atoms with E-state index in [1.165, 1.54) is 0 Å². The lowest BCUT2D eigenvalue weighted by Gasteiger charge is -2.31. The summed E-state index contributed by atoms with van der Waals surface area (Å²) in [7, 11) is 3.90. The molecule has 0 amide bonds. The number of aliphatic hydroxyl groups is 1. The first kappa shape index (κ1) is 28.3. The third kappa shape index (κ3) is 5.69. The molecule has 11 nitrogen and oxygen atoms in total. The molecule has 1 aliphatic rings. The van der Waals surface area contributed by atoms with E-state index in [0.717, 1.165) is 39.2 Å². The van der Waals surface area contributed by atoms with Crippen LogP contribution in [0.4, 0.5) is 0 Å². The molecule has 1 unspecified atom stereocenters. The van der Waals surface area contributed by atoms with Gasteiger partial charge in [0.15, 0.2) is 5.88 Å². The highest BCUT2D eigenvalue weighted by Gasteiger charge is 2.27. The highest BCUT2D eigenvalue weighted by atomic mass is 16.5. The van der Waals surface area contributed by atoms with Crippen molar-refractivity contribution >= 4 is 22.7 Å². The van der Waals surface area contributed by atoms with E-state index in [2.05, 4.69) is 27.1 Å². The zero-order valence-corrected chi connectivity index (χ0v) is 24.1. The molecule has 0 aromatic carbocycles. The predicted octanol–water partition coefficient (Wildman–Crippen LogP) is 3.12. The van der Waals surface area contributed by atoms with E-state index in [1.807, 2.05) is 66.9 Å². The third-order valence-corrected chi connectivity index (χ3v) is 7.18. The van der Waals surface area contributed by atoms with E-state index < -0.39 is 0 Å². The first-order valence-electron chi connectivity index (χ1n) is 13.3. The highest BCUT2D eigenvalue weighted by Crippen LogP contribution is 2.35. The summed E-state index contributed by atoms with van der Waals surface area (Å²) in [6.45, 7) is 12.6. The van der Waals surface area contributed by atoms with Crippen molar-refractivity contribution in [3.05, 3.63) is 40.7 Å². The number of aromatic amines is 1. The number of ether oxygens (including phenoxy) is 2. The molecule has 0 spiro atoms. The molecule has 39 heavy (non-hydrogen) atoms. The molecule has 0 radical (unpaired) electrons. The number of aromatic nitrogens is 5. The molecular weight excluding hydrogens is 496 g/mol. The molecule has 3 aromatic heterocycles. The van der Waals surface area contributed by atoms with Crippen LogP contribution in [0.3, 0.4) is 0 Å². The number of aliphatic imine (C=N–C) groups is 1. The van der Waals surface area contributed by atoms with Crippen LogP contribution in [-0.4, -0.2) is 85.7 Å². The molecule has 0 saturated carbocycles. The summed E-state index contributed by atoms with van der Waals surface area (Å²) < 4.78 is 14.1. The van der Waals surface area contributed by atoms with E-state index in [0.29, 0.717) is 30.3 Å². The second kappa shape index (κ2) is 11.6. The maximum absolute atomic E-state index is 9.80. The van der Waals surface area contributed by atoms with Crippen LogP contribution in [-0.2, 0) is 11.8 Å². The minimum Gasteiger partial charge on any atom is -0.479 e. The second-order valence-electron chi connectivity index (χ2n) is 10.1. The number of rotatable bonds is 4. The molecular formula is C28H40N8O3. The Hall–Kier alpha value is -3.70. The number of likely N-dealkylation sites (N-methyl/N-ethyl adjacent to an activating group) is 1. The van der Waals surface area contributed by atoms with Gasteiger partial charge in [0.25, 0.3) is 0 Å². The molecule has 2 bridgehead atoms. The number of aliphatic hydroxyl groups excluding tert-OH is 1. The SMILES string of the molecule is CCO/C(N)=C1\C=C\c2[nH]nc3c(C)nc(cc23)-c2c(C)nn(C)c2O[C@@H](C)[C@@H](C)N(C)CC1=NC(C)CO. The molecule has 3 atom stereocenters. The minimum absolute atomic E-state index is 0.0135. The largest absolute Gasteiger partial charge is 0.479 e. The Morgan fingerprint density at radius 2 is 2.03 bits per heavy atom. The summed E-state index contributed by atoms with van der Waals surface area (Å²) in [5.41, 5.74) is 12.6. The normalized spacial score (nSPS) is 22.7. The fraction of sp³-hybridized carbons (Fsp3) is 0.500. The molecule has 11 heteroatoms. The van der Waals surface area contributed by atoms with Gasteiger partial charge in [0, 0.05) is 25.0 Å². The first-order valence-corrected chi connectivity index (χ1v) is 13.3. The third-order valence-electron chi connectivity index (χ3n) is 7.18. The number of aryl methyl sites for hydroxylation is 3. The van der Waals surface area contributed by atoms with Crippen LogP contribution < -0.4 is 10.5 Å². The van der Waals surface area contributed by atoms with Crippen molar-refractivity contribution in [1.29, 1.82) is 0 Å². The lowest BCUT2D eigenvalue weighted by molar-refractivity contribution is 0.107. The van der Waals surface area contributed by atoms with Gasteiger partial charge < -0.3 is 20.3 Å². The van der Waals surface area contributed by atoms with Crippen LogP contribution in [0, 0.1) is 13.8 Å². The van der Waals surface area contributed by atoms with E-state index in [4.69, 9.17) is 25.2 Å². The summed E-state index contributed by atoms with van der Waals surface area (Å²) in [6, 6.07) is 1.68. The monoisotopic (exact) mass is 536 g/mol. The van der Waals surface area contributed by atoms with Crippen LogP contribution in [0.25, 0.3) is 28.2 Å². The van der Waals surface area contributed by atoms with E-state index in [9.17, 15) is 5.11 Å². The number of nitrogens with one attached hydrogen (secondary N) is 1. The molecule has 4 heterocycles. The van der Waals surface area contributed by atoms with Crippen molar-refractivity contribution < 1.29 is 14.6 Å². The number of nitrogens with two attached hydrogens (primary N) is 1. The summed E-state index contributed by atoms with van der Waals surface area (Å²) in [5, 5.41) is 23.0. The Balaban J connectivity index is 2.00. The number of H-pyrrole nitrogens is 1. The van der Waals surface area contributed by atoms with Gasteiger partial charge in [0.05, 0.1) is 58.9 Å². The Bertz CT molecular complexity index is 1430. The number of pyridine rings is 1. The smallest absolute Gasteiger partial charge is 0.221 e. The first-order chi connectivity index (χ1) is 18.5. The van der Waals surface area contributed by atoms with Crippen molar-refractivity contribution in [2.45, 2.75) is 59.7 Å². The Labute approximate surface area is 229 Å². The van der Waals surface area contributed by atoms with Crippen molar-refractivity contribution in [1.82, 2.24) is 29.9 Å². The van der Waals surface area contributed by atoms with Gasteiger partial charge in [0.2, 0.25) is 5.88 Å². The lowest BCUT2D eigenvalue weighted by atomic mass is 10.1. The van der Waals surface area contributed by atoms with E-state index in [1.54, 1.807) is 4.68 Å². The number of allylic oxidation sites excluding steroid dienone is 1. The fourth-order valence-electron chi connectivity index (χ4n) is 4.75. The van der Waals surface area contributed by atoms with Crippen LogP contribution in [0.5, 0.6) is 5.88 Å². The van der Waals surface area contributed by atoms with Gasteiger partial charge in [-0.25, -0.2) is 4.68 Å². The minimum atomic E-state index is -0.318. The standard InChI is InChI=1S/C28H40N8O3/c1-9-38-27(29)20-10-11-22-21-12-23(31-17(4)26(21)33-32-22)25-16(3)34-36(8)28(25)39-19(6)18(5)35(7)13-24(20)30-15(2)14-37/h10-12,15,18-19,37H,9,13-14,29H2,1-8H3,(H,32,33)/b11-10+,27-20+,30-24?/t15?,18-,19+/m1/s1. The summed E-state index contributed by atoms with van der Waals surface area (Å²) >= 11 is 0. The predicted molar refractivity (Wildman–Crippen MR) is 154 cm³/mol. The van der Waals surface area contributed by atoms with Crippen LogP contribution >= 0.6 is 0 Å². The van der Waals surface area contributed by atoms with Crippen molar-refractivity contribution in [3.63, 3.8) is 0 Å². The van der Waals surface area contributed by atoms with Crippen LogP contribution in [0.15, 0.2) is 28.6 Å². The number of nitrogens with zero attached hydrogens (tertiary/aromatic N) is 6. The lowest BCUT2D eigenvalue weighted by Crippen LogP contribution is -2.43. The zero-order chi connectivity index (χ0) is 28.4. The maximum Gasteiger partial charge on any atom is 0.221 e. The van der Waals surface area contributed by atoms with E-state index in [-0.39, 0.29) is 30.7 Å². The molecule has 210 valence electrons. The molecule has 0 saturated heterocycles. The van der Waals surface area contributed by atoms with Crippen molar-refractivity contribution in [2.75, 3.05) is 26.8 Å². The Morgan fingerprint density at radius 3 is 2.72 bits per heavy atom. The zero-order valence-electron chi connectivity index (χ0n) is 24.1. The number of hydrogen-bond acceptors (Lipinski definition) is 9. The topological polar surface area (TPSA) is 140 Å². The van der Waals surface area contributed by atoms with Gasteiger partial charge in [-0.05, 0) is 66.8 Å². The van der Waals surface area contributed by atoms with Gasteiger partial charge in [-0.1, -0.05) is 0 Å². The van der Waals surface area contributed by atoms with Gasteiger partial charge in [-0.2, -0.15) is 10.2 Å². The fourth-order valence-corrected chi connectivity index (χ4v) is 4.75. The number of hydrogen-bond donors (Lipinski definition) is 3. The Morgan fingerprint density at radius 1 is 1.28 bits per heavy atom. The Kier molecular flexibility index (Phi) is 8.41. The van der Waals surface area contributed by atoms with Gasteiger partial charge in [0.1, 0.15) is 11.6 Å².